The average Bonchev–Trinajstić information content (AvgIpc) is 2.76. The summed E-state index contributed by atoms with van der Waals surface area (Å²) >= 11 is 0. The number of hydrogen-bond donors (Lipinski definition) is 1. The largest absolute Gasteiger partial charge is 0.416 e. The van der Waals surface area contributed by atoms with E-state index in [1.807, 2.05) is 37.3 Å². The Kier molecular flexibility index (Phi) is 7.47. The third-order valence-corrected chi connectivity index (χ3v) is 8.25. The van der Waals surface area contributed by atoms with Crippen molar-refractivity contribution in [1.82, 2.24) is 9.62 Å². The number of benzene rings is 3. The van der Waals surface area contributed by atoms with Gasteiger partial charge in [-0.15, -0.1) is 0 Å². The van der Waals surface area contributed by atoms with E-state index < -0.39 is 27.3 Å². The molecule has 1 saturated heterocycles. The summed E-state index contributed by atoms with van der Waals surface area (Å²) in [6, 6.07) is 17.6. The van der Waals surface area contributed by atoms with Gasteiger partial charge in [-0.25, -0.2) is 13.1 Å². The second-order valence-electron chi connectivity index (χ2n) is 10.8. The summed E-state index contributed by atoms with van der Waals surface area (Å²) in [5.41, 5.74) is 2.51. The lowest BCUT2D eigenvalue weighted by molar-refractivity contribution is -0.137. The van der Waals surface area contributed by atoms with Gasteiger partial charge >= 0.3 is 6.18 Å². The van der Waals surface area contributed by atoms with Crippen LogP contribution in [0, 0.1) is 6.92 Å². The zero-order valence-corrected chi connectivity index (χ0v) is 22.6. The van der Waals surface area contributed by atoms with Crippen LogP contribution in [-0.4, -0.2) is 37.9 Å². The second kappa shape index (κ2) is 10.2. The number of likely N-dealkylation sites (tertiary alicyclic amines) is 1. The lowest BCUT2D eigenvalue weighted by atomic mass is 9.90. The minimum atomic E-state index is -4.37. The van der Waals surface area contributed by atoms with E-state index in [1.165, 1.54) is 12.1 Å². The molecule has 1 N–H and O–H groups in total. The predicted octanol–water partition coefficient (Wildman–Crippen LogP) is 5.93. The fraction of sp³-hybridized carbons (Fsp3) is 0.345. The molecule has 1 aliphatic heterocycles. The minimum Gasteiger partial charge on any atom is -0.341 e. The molecule has 4 rings (SSSR count). The van der Waals surface area contributed by atoms with E-state index in [0.717, 1.165) is 34.4 Å². The predicted molar refractivity (Wildman–Crippen MR) is 141 cm³/mol. The van der Waals surface area contributed by atoms with Crippen LogP contribution in [0.1, 0.15) is 48.9 Å². The summed E-state index contributed by atoms with van der Waals surface area (Å²) in [6.45, 7) is 8.19. The molecule has 0 spiro atoms. The zero-order valence-electron chi connectivity index (χ0n) is 21.8. The SMILES string of the molecule is Cc1ccc(S(=O)(=O)NC(C)(C)C)c(-c2ccc(CC(=O)N3CC(c4ccc(C(F)(F)F)cc4)C3)cc2)c1. The standard InChI is InChI=1S/C29H31F3N2O3S/c1-19-5-14-26(38(36,37)33-28(2,3)4)25(15-19)22-8-6-20(7-9-22)16-27(35)34-17-23(18-34)21-10-12-24(13-11-21)29(30,31)32/h5-15,23,33H,16-18H2,1-4H3. The van der Waals surface area contributed by atoms with Gasteiger partial charge in [0.05, 0.1) is 16.9 Å². The fourth-order valence-electron chi connectivity index (χ4n) is 4.49. The van der Waals surface area contributed by atoms with Gasteiger partial charge < -0.3 is 4.90 Å². The molecule has 0 unspecified atom stereocenters. The number of amides is 1. The molecule has 202 valence electrons. The van der Waals surface area contributed by atoms with E-state index in [9.17, 15) is 26.4 Å². The second-order valence-corrected chi connectivity index (χ2v) is 12.5. The summed E-state index contributed by atoms with van der Waals surface area (Å²) in [4.78, 5) is 14.7. The normalized spacial score (nSPS) is 14.9. The third-order valence-electron chi connectivity index (χ3n) is 6.43. The molecular formula is C29H31F3N2O3S. The van der Waals surface area contributed by atoms with Gasteiger partial charge in [0.2, 0.25) is 15.9 Å². The molecule has 0 radical (unpaired) electrons. The number of carbonyl (C=O) groups is 1. The zero-order chi connectivity index (χ0) is 27.9. The average molecular weight is 545 g/mol. The van der Waals surface area contributed by atoms with E-state index in [-0.39, 0.29) is 23.1 Å². The van der Waals surface area contributed by atoms with Gasteiger partial charge in [0.1, 0.15) is 0 Å². The molecule has 1 amide bonds. The van der Waals surface area contributed by atoms with Gasteiger partial charge in [-0.3, -0.25) is 4.79 Å². The summed E-state index contributed by atoms with van der Waals surface area (Å²) in [5.74, 6) is -0.0406. The van der Waals surface area contributed by atoms with Crippen molar-refractivity contribution in [1.29, 1.82) is 0 Å². The molecule has 0 saturated carbocycles. The Bertz CT molecular complexity index is 1420. The lowest BCUT2D eigenvalue weighted by Crippen LogP contribution is -2.49. The Hall–Kier alpha value is -3.17. The van der Waals surface area contributed by atoms with Crippen LogP contribution < -0.4 is 4.72 Å². The van der Waals surface area contributed by atoms with Gasteiger partial charge in [-0.2, -0.15) is 13.2 Å². The Labute approximate surface area is 221 Å². The number of alkyl halides is 3. The van der Waals surface area contributed by atoms with Crippen LogP contribution in [0.15, 0.2) is 71.6 Å². The van der Waals surface area contributed by atoms with Crippen LogP contribution in [-0.2, 0) is 27.4 Å². The third kappa shape index (κ3) is 6.45. The molecule has 1 heterocycles. The van der Waals surface area contributed by atoms with Crippen molar-refractivity contribution in [2.75, 3.05) is 13.1 Å². The maximum absolute atomic E-state index is 13.1. The van der Waals surface area contributed by atoms with E-state index in [1.54, 1.807) is 37.8 Å². The molecule has 0 aliphatic carbocycles. The van der Waals surface area contributed by atoms with Gasteiger partial charge in [0.25, 0.3) is 0 Å². The smallest absolute Gasteiger partial charge is 0.341 e. The van der Waals surface area contributed by atoms with Crippen molar-refractivity contribution in [2.45, 2.75) is 56.6 Å². The number of aryl methyl sites for hydroxylation is 1. The summed E-state index contributed by atoms with van der Waals surface area (Å²) in [7, 11) is -3.75. The molecule has 3 aromatic rings. The van der Waals surface area contributed by atoms with E-state index in [4.69, 9.17) is 0 Å². The van der Waals surface area contributed by atoms with Crippen LogP contribution >= 0.6 is 0 Å². The number of rotatable bonds is 6. The number of sulfonamides is 1. The highest BCUT2D eigenvalue weighted by atomic mass is 32.2. The molecule has 3 aromatic carbocycles. The van der Waals surface area contributed by atoms with Crippen molar-refractivity contribution < 1.29 is 26.4 Å². The maximum Gasteiger partial charge on any atom is 0.416 e. The van der Waals surface area contributed by atoms with Gasteiger partial charge in [-0.1, -0.05) is 54.1 Å². The highest BCUT2D eigenvalue weighted by molar-refractivity contribution is 7.89. The van der Waals surface area contributed by atoms with Crippen molar-refractivity contribution >= 4 is 15.9 Å². The van der Waals surface area contributed by atoms with Crippen molar-refractivity contribution in [2.24, 2.45) is 0 Å². The van der Waals surface area contributed by atoms with Gasteiger partial charge in [0, 0.05) is 30.1 Å². The first-order valence-corrected chi connectivity index (χ1v) is 13.8. The monoisotopic (exact) mass is 544 g/mol. The molecule has 0 atom stereocenters. The first-order chi connectivity index (χ1) is 17.6. The summed E-state index contributed by atoms with van der Waals surface area (Å²) in [6.07, 6.45) is -4.18. The van der Waals surface area contributed by atoms with Crippen molar-refractivity contribution in [3.8, 4) is 11.1 Å². The molecule has 1 aliphatic rings. The number of halogens is 3. The van der Waals surface area contributed by atoms with Crippen LogP contribution in [0.2, 0.25) is 0 Å². The number of nitrogens with zero attached hydrogens (tertiary/aromatic N) is 1. The molecule has 1 fully saturated rings. The first-order valence-electron chi connectivity index (χ1n) is 12.3. The molecular weight excluding hydrogens is 513 g/mol. The van der Waals surface area contributed by atoms with Crippen LogP contribution in [0.4, 0.5) is 13.2 Å². The number of nitrogens with one attached hydrogen (secondary N) is 1. The van der Waals surface area contributed by atoms with Crippen molar-refractivity contribution in [3.05, 3.63) is 89.0 Å². The van der Waals surface area contributed by atoms with E-state index >= 15 is 0 Å². The van der Waals surface area contributed by atoms with Gasteiger partial charge in [0.15, 0.2) is 0 Å². The Morgan fingerprint density at radius 2 is 1.55 bits per heavy atom. The first kappa shape index (κ1) is 27.9. The molecule has 9 heteroatoms. The molecule has 38 heavy (non-hydrogen) atoms. The maximum atomic E-state index is 13.1. The van der Waals surface area contributed by atoms with Crippen LogP contribution in [0.5, 0.6) is 0 Å². The quantitative estimate of drug-likeness (QED) is 0.419. The number of hydrogen-bond acceptors (Lipinski definition) is 3. The Balaban J connectivity index is 1.42. The highest BCUT2D eigenvalue weighted by Crippen LogP contribution is 2.33. The van der Waals surface area contributed by atoms with Crippen LogP contribution in [0.3, 0.4) is 0 Å². The van der Waals surface area contributed by atoms with E-state index in [2.05, 4.69) is 4.72 Å². The topological polar surface area (TPSA) is 66.5 Å². The number of carbonyl (C=O) groups excluding carboxylic acids is 1. The Morgan fingerprint density at radius 1 is 0.947 bits per heavy atom. The highest BCUT2D eigenvalue weighted by Gasteiger charge is 2.34. The molecule has 5 nitrogen and oxygen atoms in total. The summed E-state index contributed by atoms with van der Waals surface area (Å²) in [5, 5.41) is 0. The van der Waals surface area contributed by atoms with Crippen molar-refractivity contribution in [3.63, 3.8) is 0 Å². The lowest BCUT2D eigenvalue weighted by Gasteiger charge is -2.39. The van der Waals surface area contributed by atoms with E-state index in [0.29, 0.717) is 18.7 Å². The molecule has 0 aromatic heterocycles. The minimum absolute atomic E-state index is 0.0204. The van der Waals surface area contributed by atoms with Gasteiger partial charge in [-0.05, 0) is 62.6 Å². The summed E-state index contributed by atoms with van der Waals surface area (Å²) < 4.78 is 67.2. The Morgan fingerprint density at radius 3 is 2.11 bits per heavy atom. The van der Waals surface area contributed by atoms with Crippen LogP contribution in [0.25, 0.3) is 11.1 Å². The molecule has 0 bridgehead atoms. The fourth-order valence-corrected chi connectivity index (χ4v) is 6.12.